The second kappa shape index (κ2) is 7.17. The maximum Gasteiger partial charge on any atom is 0.243 e. The number of benzene rings is 1. The highest BCUT2D eigenvalue weighted by Crippen LogP contribution is 2.33. The number of nitrogens with zero attached hydrogens (tertiary/aromatic N) is 1. The third-order valence-electron chi connectivity index (χ3n) is 4.09. The molecule has 1 atom stereocenters. The highest BCUT2D eigenvalue weighted by atomic mass is 35.5. The topological polar surface area (TPSA) is 72.6 Å². The highest BCUT2D eigenvalue weighted by Gasteiger charge is 2.39. The first-order chi connectivity index (χ1) is 9.82. The van der Waals surface area contributed by atoms with Crippen LogP contribution in [0.25, 0.3) is 0 Å². The van der Waals surface area contributed by atoms with Gasteiger partial charge in [0.1, 0.15) is 5.75 Å². The summed E-state index contributed by atoms with van der Waals surface area (Å²) in [5.74, 6) is 0.696. The number of rotatable bonds is 5. The summed E-state index contributed by atoms with van der Waals surface area (Å²) >= 11 is 0. The zero-order valence-corrected chi connectivity index (χ0v) is 15.0. The Kier molecular flexibility index (Phi) is 6.27. The molecule has 1 heterocycles. The van der Waals surface area contributed by atoms with Crippen LogP contribution < -0.4 is 10.5 Å². The molecule has 1 unspecified atom stereocenters. The monoisotopic (exact) mass is 348 g/mol. The fraction of sp³-hybridized carbons (Fsp3) is 0.600. The SMILES string of the molecule is CCOc1ccc(S(=O)(=O)N2CCC(C)(CN)C2)c(C)c1.Cl. The Morgan fingerprint density at radius 3 is 2.59 bits per heavy atom. The smallest absolute Gasteiger partial charge is 0.243 e. The van der Waals surface area contributed by atoms with Crippen molar-refractivity contribution in [2.75, 3.05) is 26.2 Å². The Labute approximate surface area is 139 Å². The molecule has 5 nitrogen and oxygen atoms in total. The van der Waals surface area contributed by atoms with Crippen molar-refractivity contribution in [2.45, 2.75) is 32.1 Å². The van der Waals surface area contributed by atoms with Crippen molar-refractivity contribution < 1.29 is 13.2 Å². The molecule has 1 aliphatic rings. The minimum absolute atomic E-state index is 0. The van der Waals surface area contributed by atoms with E-state index < -0.39 is 10.0 Å². The maximum absolute atomic E-state index is 12.8. The Balaban J connectivity index is 0.00000242. The van der Waals surface area contributed by atoms with Gasteiger partial charge in [-0.25, -0.2) is 8.42 Å². The van der Waals surface area contributed by atoms with Gasteiger partial charge in [-0.3, -0.25) is 0 Å². The lowest BCUT2D eigenvalue weighted by atomic mass is 9.90. The van der Waals surface area contributed by atoms with E-state index in [1.54, 1.807) is 29.4 Å². The Bertz CT molecular complexity index is 621. The molecule has 0 spiro atoms. The first-order valence-corrected chi connectivity index (χ1v) is 8.70. The van der Waals surface area contributed by atoms with E-state index in [0.29, 0.717) is 42.4 Å². The standard InChI is InChI=1S/C15H24N2O3S.ClH/c1-4-20-13-5-6-14(12(2)9-13)21(18,19)17-8-7-15(3,10-16)11-17;/h5-6,9H,4,7-8,10-11,16H2,1-3H3;1H. The van der Waals surface area contributed by atoms with E-state index in [1.165, 1.54) is 0 Å². The van der Waals surface area contributed by atoms with Crippen LogP contribution in [-0.4, -0.2) is 39.0 Å². The average Bonchev–Trinajstić information content (AvgIpc) is 2.83. The van der Waals surface area contributed by atoms with Gasteiger partial charge in [-0.15, -0.1) is 12.4 Å². The number of nitrogens with two attached hydrogens (primary N) is 1. The van der Waals surface area contributed by atoms with Crippen molar-refractivity contribution in [3.8, 4) is 5.75 Å². The van der Waals surface area contributed by atoms with Crippen LogP contribution in [0.1, 0.15) is 25.8 Å². The molecule has 126 valence electrons. The van der Waals surface area contributed by atoms with Crippen LogP contribution in [0.15, 0.2) is 23.1 Å². The first kappa shape index (κ1) is 19.2. The fourth-order valence-corrected chi connectivity index (χ4v) is 4.45. The van der Waals surface area contributed by atoms with E-state index in [9.17, 15) is 8.42 Å². The molecule has 1 saturated heterocycles. The summed E-state index contributed by atoms with van der Waals surface area (Å²) in [4.78, 5) is 0.354. The molecule has 2 N–H and O–H groups in total. The lowest BCUT2D eigenvalue weighted by molar-refractivity contribution is 0.339. The van der Waals surface area contributed by atoms with Gasteiger partial charge in [-0.2, -0.15) is 4.31 Å². The molecule has 7 heteroatoms. The molecule has 0 radical (unpaired) electrons. The zero-order valence-electron chi connectivity index (χ0n) is 13.3. The summed E-state index contributed by atoms with van der Waals surface area (Å²) in [7, 11) is -3.46. The van der Waals surface area contributed by atoms with Crippen LogP contribution in [0.2, 0.25) is 0 Å². The van der Waals surface area contributed by atoms with Gasteiger partial charge in [0.15, 0.2) is 0 Å². The number of aryl methyl sites for hydroxylation is 1. The summed E-state index contributed by atoms with van der Waals surface area (Å²) in [6.45, 7) is 7.81. The number of sulfonamides is 1. The van der Waals surface area contributed by atoms with Gasteiger partial charge in [0.05, 0.1) is 11.5 Å². The van der Waals surface area contributed by atoms with Crippen LogP contribution >= 0.6 is 12.4 Å². The lowest BCUT2D eigenvalue weighted by Gasteiger charge is -2.23. The third-order valence-corrected chi connectivity index (χ3v) is 6.10. The number of halogens is 1. The molecule has 0 bridgehead atoms. The molecule has 0 aromatic heterocycles. The molecular formula is C15H25ClN2O3S. The Hall–Kier alpha value is -0.820. The zero-order chi connectivity index (χ0) is 15.7. The third kappa shape index (κ3) is 3.74. The first-order valence-electron chi connectivity index (χ1n) is 7.26. The predicted octanol–water partition coefficient (Wildman–Crippen LogP) is 2.17. The second-order valence-electron chi connectivity index (χ2n) is 5.96. The quantitative estimate of drug-likeness (QED) is 0.885. The second-order valence-corrected chi connectivity index (χ2v) is 7.87. The van der Waals surface area contributed by atoms with Gasteiger partial charge < -0.3 is 10.5 Å². The molecule has 22 heavy (non-hydrogen) atoms. The van der Waals surface area contributed by atoms with Gasteiger partial charge in [0.25, 0.3) is 0 Å². The average molecular weight is 349 g/mol. The maximum atomic E-state index is 12.8. The van der Waals surface area contributed by atoms with Crippen molar-refractivity contribution in [1.29, 1.82) is 0 Å². The molecule has 1 aliphatic heterocycles. The van der Waals surface area contributed by atoms with Crippen LogP contribution in [0.5, 0.6) is 5.75 Å². The van der Waals surface area contributed by atoms with Crippen molar-refractivity contribution in [2.24, 2.45) is 11.1 Å². The van der Waals surface area contributed by atoms with Crippen LogP contribution in [0.3, 0.4) is 0 Å². The van der Waals surface area contributed by atoms with E-state index in [-0.39, 0.29) is 17.8 Å². The van der Waals surface area contributed by atoms with Crippen molar-refractivity contribution in [1.82, 2.24) is 4.31 Å². The molecule has 0 aliphatic carbocycles. The normalized spacial score (nSPS) is 22.4. The minimum Gasteiger partial charge on any atom is -0.494 e. The molecule has 1 fully saturated rings. The highest BCUT2D eigenvalue weighted by molar-refractivity contribution is 7.89. The summed E-state index contributed by atoms with van der Waals surface area (Å²) in [5.41, 5.74) is 6.35. The fourth-order valence-electron chi connectivity index (χ4n) is 2.66. The number of hydrogen-bond acceptors (Lipinski definition) is 4. The Morgan fingerprint density at radius 2 is 2.09 bits per heavy atom. The van der Waals surface area contributed by atoms with Crippen molar-refractivity contribution >= 4 is 22.4 Å². The molecule has 0 saturated carbocycles. The number of ether oxygens (including phenoxy) is 1. The van der Waals surface area contributed by atoms with E-state index in [0.717, 1.165) is 6.42 Å². The van der Waals surface area contributed by atoms with E-state index in [1.807, 2.05) is 13.8 Å². The molecule has 1 aromatic rings. The number of hydrogen-bond donors (Lipinski definition) is 1. The van der Waals surface area contributed by atoms with Crippen molar-refractivity contribution in [3.63, 3.8) is 0 Å². The molecule has 0 amide bonds. The van der Waals surface area contributed by atoms with Gasteiger partial charge in [0, 0.05) is 13.1 Å². The summed E-state index contributed by atoms with van der Waals surface area (Å²) in [6, 6.07) is 5.12. The summed E-state index contributed by atoms with van der Waals surface area (Å²) < 4.78 is 32.5. The van der Waals surface area contributed by atoms with Crippen LogP contribution in [0, 0.1) is 12.3 Å². The molecule has 2 rings (SSSR count). The van der Waals surface area contributed by atoms with Crippen LogP contribution in [0.4, 0.5) is 0 Å². The van der Waals surface area contributed by atoms with Gasteiger partial charge in [-0.05, 0) is 56.0 Å². The van der Waals surface area contributed by atoms with E-state index >= 15 is 0 Å². The Morgan fingerprint density at radius 1 is 1.41 bits per heavy atom. The van der Waals surface area contributed by atoms with Gasteiger partial charge in [-0.1, -0.05) is 6.92 Å². The summed E-state index contributed by atoms with van der Waals surface area (Å²) in [5, 5.41) is 0. The minimum atomic E-state index is -3.46. The van der Waals surface area contributed by atoms with E-state index in [2.05, 4.69) is 0 Å². The molecular weight excluding hydrogens is 324 g/mol. The lowest BCUT2D eigenvalue weighted by Crippen LogP contribution is -2.34. The van der Waals surface area contributed by atoms with E-state index in [4.69, 9.17) is 10.5 Å². The van der Waals surface area contributed by atoms with Crippen LogP contribution in [-0.2, 0) is 10.0 Å². The largest absolute Gasteiger partial charge is 0.494 e. The molecule has 1 aromatic carbocycles. The van der Waals surface area contributed by atoms with Gasteiger partial charge >= 0.3 is 0 Å². The summed E-state index contributed by atoms with van der Waals surface area (Å²) in [6.07, 6.45) is 0.804. The predicted molar refractivity (Wildman–Crippen MR) is 90.1 cm³/mol. The van der Waals surface area contributed by atoms with Crippen molar-refractivity contribution in [3.05, 3.63) is 23.8 Å². The van der Waals surface area contributed by atoms with Gasteiger partial charge in [0.2, 0.25) is 10.0 Å².